The van der Waals surface area contributed by atoms with Crippen LogP contribution in [0.3, 0.4) is 0 Å². The first-order valence-electron chi connectivity index (χ1n) is 12.0. The Morgan fingerprint density at radius 1 is 1.17 bits per heavy atom. The van der Waals surface area contributed by atoms with Gasteiger partial charge in [0.05, 0.1) is 37.3 Å². The molecule has 2 fully saturated rings. The van der Waals surface area contributed by atoms with Gasteiger partial charge in [-0.25, -0.2) is 9.37 Å². The molecule has 0 N–H and O–H groups in total. The molecule has 8 nitrogen and oxygen atoms in total. The molecule has 10 heteroatoms. The molecule has 4 aromatic rings. The normalized spacial score (nSPS) is 20.6. The van der Waals surface area contributed by atoms with Gasteiger partial charge in [-0.05, 0) is 51.0 Å². The first-order chi connectivity index (χ1) is 17.4. The van der Waals surface area contributed by atoms with Crippen LogP contribution in [0.4, 0.5) is 4.39 Å². The van der Waals surface area contributed by atoms with Crippen LogP contribution in [-0.2, 0) is 9.47 Å². The number of hydrogen-bond acceptors (Lipinski definition) is 6. The number of aryl methyl sites for hydroxylation is 1. The minimum absolute atomic E-state index is 0.00570. The fourth-order valence-corrected chi connectivity index (χ4v) is 4.98. The summed E-state index contributed by atoms with van der Waals surface area (Å²) in [5.74, 6) is -0.475. The van der Waals surface area contributed by atoms with Gasteiger partial charge in [0, 0.05) is 51.7 Å². The SMILES string of the molecule is Cc1nc2c(-c3ccc(Cl)cc3F)cc([C@@H]3CCO[C@H](c4cnn(C5COC5)c4)C3)nn2c(=O)c1C. The monoisotopic (exact) mass is 509 g/mol. The van der Waals surface area contributed by atoms with Crippen LogP contribution in [0.5, 0.6) is 0 Å². The van der Waals surface area contributed by atoms with Crippen LogP contribution in [0, 0.1) is 19.7 Å². The molecule has 186 valence electrons. The van der Waals surface area contributed by atoms with E-state index in [0.717, 1.165) is 12.0 Å². The summed E-state index contributed by atoms with van der Waals surface area (Å²) in [6, 6.07) is 6.63. The predicted molar refractivity (Wildman–Crippen MR) is 132 cm³/mol. The molecule has 2 saturated heterocycles. The maximum Gasteiger partial charge on any atom is 0.277 e. The van der Waals surface area contributed by atoms with Gasteiger partial charge < -0.3 is 9.47 Å². The molecular formula is C26H25ClFN5O3. The molecular weight excluding hydrogens is 485 g/mol. The Hall–Kier alpha value is -3.14. The van der Waals surface area contributed by atoms with Crippen LogP contribution in [0.1, 0.15) is 53.4 Å². The summed E-state index contributed by atoms with van der Waals surface area (Å²) >= 11 is 6.00. The molecule has 2 atom stereocenters. The zero-order chi connectivity index (χ0) is 25.0. The third kappa shape index (κ3) is 4.01. The van der Waals surface area contributed by atoms with Gasteiger partial charge in [-0.15, -0.1) is 0 Å². The van der Waals surface area contributed by atoms with Crippen molar-refractivity contribution in [3.63, 3.8) is 0 Å². The maximum absolute atomic E-state index is 15.0. The highest BCUT2D eigenvalue weighted by Gasteiger charge is 2.30. The van der Waals surface area contributed by atoms with E-state index in [1.165, 1.54) is 10.6 Å². The van der Waals surface area contributed by atoms with Crippen LogP contribution in [0.15, 0.2) is 41.5 Å². The number of aromatic nitrogens is 5. The third-order valence-electron chi connectivity index (χ3n) is 7.19. The van der Waals surface area contributed by atoms with Crippen molar-refractivity contribution in [3.8, 4) is 11.1 Å². The Morgan fingerprint density at radius 2 is 2.00 bits per heavy atom. The lowest BCUT2D eigenvalue weighted by Crippen LogP contribution is -2.30. The van der Waals surface area contributed by atoms with Gasteiger partial charge in [-0.2, -0.15) is 14.7 Å². The summed E-state index contributed by atoms with van der Waals surface area (Å²) in [6.45, 7) is 5.37. The highest BCUT2D eigenvalue weighted by atomic mass is 35.5. The van der Waals surface area contributed by atoms with Crippen molar-refractivity contribution in [2.45, 2.75) is 44.8 Å². The maximum atomic E-state index is 15.0. The Bertz CT molecular complexity index is 1530. The Balaban J connectivity index is 1.43. The number of nitrogens with zero attached hydrogens (tertiary/aromatic N) is 5. The van der Waals surface area contributed by atoms with E-state index in [9.17, 15) is 4.79 Å². The van der Waals surface area contributed by atoms with E-state index < -0.39 is 5.82 Å². The molecule has 2 aliphatic heterocycles. The van der Waals surface area contributed by atoms with Crippen molar-refractivity contribution in [1.29, 1.82) is 0 Å². The summed E-state index contributed by atoms with van der Waals surface area (Å²) < 4.78 is 29.6. The quantitative estimate of drug-likeness (QED) is 0.401. The predicted octanol–water partition coefficient (Wildman–Crippen LogP) is 4.57. The minimum atomic E-state index is -0.480. The lowest BCUT2D eigenvalue weighted by molar-refractivity contribution is -0.0290. The molecule has 0 bridgehead atoms. The number of hydrogen-bond donors (Lipinski definition) is 0. The number of ether oxygens (including phenoxy) is 2. The molecule has 0 radical (unpaired) electrons. The summed E-state index contributed by atoms with van der Waals surface area (Å²) in [4.78, 5) is 17.8. The van der Waals surface area contributed by atoms with E-state index in [1.54, 1.807) is 26.0 Å². The van der Waals surface area contributed by atoms with Crippen molar-refractivity contribution in [2.75, 3.05) is 19.8 Å². The van der Waals surface area contributed by atoms with Crippen molar-refractivity contribution < 1.29 is 13.9 Å². The summed E-state index contributed by atoms with van der Waals surface area (Å²) in [5.41, 5.74) is 3.69. The van der Waals surface area contributed by atoms with Gasteiger partial charge >= 0.3 is 0 Å². The Morgan fingerprint density at radius 3 is 2.75 bits per heavy atom. The smallest absolute Gasteiger partial charge is 0.277 e. The number of benzene rings is 1. The van der Waals surface area contributed by atoms with Crippen molar-refractivity contribution in [1.82, 2.24) is 24.4 Å². The molecule has 0 saturated carbocycles. The van der Waals surface area contributed by atoms with Gasteiger partial charge in [0.2, 0.25) is 0 Å². The van der Waals surface area contributed by atoms with Crippen molar-refractivity contribution >= 4 is 17.2 Å². The van der Waals surface area contributed by atoms with E-state index in [0.29, 0.717) is 65.0 Å². The fraction of sp³-hybridized carbons (Fsp3) is 0.385. The van der Waals surface area contributed by atoms with Crippen LogP contribution in [-0.4, -0.2) is 44.2 Å². The van der Waals surface area contributed by atoms with Gasteiger partial charge in [-0.1, -0.05) is 11.6 Å². The lowest BCUT2D eigenvalue weighted by Gasteiger charge is -2.29. The zero-order valence-corrected chi connectivity index (χ0v) is 20.7. The molecule has 5 heterocycles. The van der Waals surface area contributed by atoms with Gasteiger partial charge in [0.25, 0.3) is 5.56 Å². The van der Waals surface area contributed by atoms with E-state index >= 15 is 4.39 Å². The fourth-order valence-electron chi connectivity index (χ4n) is 4.82. The zero-order valence-electron chi connectivity index (χ0n) is 19.9. The van der Waals surface area contributed by atoms with Gasteiger partial charge in [0.15, 0.2) is 5.65 Å². The Labute approximate surface area is 211 Å². The number of halogens is 2. The third-order valence-corrected chi connectivity index (χ3v) is 7.43. The first kappa shape index (κ1) is 23.3. The molecule has 0 unspecified atom stereocenters. The van der Waals surface area contributed by atoms with Gasteiger partial charge in [0.1, 0.15) is 5.82 Å². The highest BCUT2D eigenvalue weighted by molar-refractivity contribution is 6.30. The molecule has 1 aromatic carbocycles. The summed E-state index contributed by atoms with van der Waals surface area (Å²) in [7, 11) is 0. The summed E-state index contributed by atoms with van der Waals surface area (Å²) in [6.07, 6.45) is 5.11. The first-order valence-corrected chi connectivity index (χ1v) is 12.4. The molecule has 0 aliphatic carbocycles. The lowest BCUT2D eigenvalue weighted by atomic mass is 9.89. The molecule has 2 aliphatic rings. The van der Waals surface area contributed by atoms with E-state index in [4.69, 9.17) is 26.2 Å². The van der Waals surface area contributed by atoms with E-state index in [-0.39, 0.29) is 23.6 Å². The highest BCUT2D eigenvalue weighted by Crippen LogP contribution is 2.39. The van der Waals surface area contributed by atoms with Crippen molar-refractivity contribution in [3.05, 3.63) is 80.4 Å². The molecule has 3 aromatic heterocycles. The minimum Gasteiger partial charge on any atom is -0.377 e. The molecule has 0 amide bonds. The van der Waals surface area contributed by atoms with Crippen LogP contribution >= 0.6 is 11.6 Å². The molecule has 0 spiro atoms. The van der Waals surface area contributed by atoms with Crippen LogP contribution < -0.4 is 5.56 Å². The van der Waals surface area contributed by atoms with Crippen molar-refractivity contribution in [2.24, 2.45) is 0 Å². The van der Waals surface area contributed by atoms with E-state index in [1.807, 2.05) is 23.1 Å². The average molecular weight is 510 g/mol. The number of fused-ring (bicyclic) bond motifs is 1. The molecule has 36 heavy (non-hydrogen) atoms. The summed E-state index contributed by atoms with van der Waals surface area (Å²) in [5, 5.41) is 9.50. The Kier molecular flexibility index (Phi) is 5.86. The number of rotatable bonds is 4. The largest absolute Gasteiger partial charge is 0.377 e. The van der Waals surface area contributed by atoms with E-state index in [2.05, 4.69) is 10.1 Å². The second-order valence-electron chi connectivity index (χ2n) is 9.50. The second kappa shape index (κ2) is 9.06. The van der Waals surface area contributed by atoms with Crippen LogP contribution in [0.25, 0.3) is 16.8 Å². The van der Waals surface area contributed by atoms with Crippen LogP contribution in [0.2, 0.25) is 5.02 Å². The molecule has 6 rings (SSSR count). The second-order valence-corrected chi connectivity index (χ2v) is 9.93. The topological polar surface area (TPSA) is 83.5 Å². The van der Waals surface area contributed by atoms with Gasteiger partial charge in [-0.3, -0.25) is 9.48 Å². The average Bonchev–Trinajstić information content (AvgIpc) is 3.31. The standard InChI is InChI=1S/C26H25ClFN5O3/c1-14-15(2)30-25-21(20-4-3-18(27)8-22(20)28)9-23(31-33(25)26(14)34)16-5-6-36-24(7-16)17-10-29-32(11-17)19-12-35-13-19/h3-4,8-11,16,19,24H,5-7,12-13H2,1-2H3/t16-,24+/m1/s1.